The highest BCUT2D eigenvalue weighted by molar-refractivity contribution is 6.26. The molecule has 0 aliphatic heterocycles. The third kappa shape index (κ3) is 2.69. The van der Waals surface area contributed by atoms with Crippen LogP contribution in [0.15, 0.2) is 0 Å². The van der Waals surface area contributed by atoms with Gasteiger partial charge < -0.3 is 19.7 Å². The van der Waals surface area contributed by atoms with Gasteiger partial charge in [-0.15, -0.1) is 11.6 Å². The predicted molar refractivity (Wildman–Crippen MR) is 71.2 cm³/mol. The minimum atomic E-state index is -0.746. The van der Waals surface area contributed by atoms with Crippen LogP contribution in [0, 0.1) is 11.3 Å². The number of hydrogen-bond acceptors (Lipinski definition) is 5. The fourth-order valence-corrected chi connectivity index (χ4v) is 5.17. The van der Waals surface area contributed by atoms with Crippen molar-refractivity contribution in [3.05, 3.63) is 0 Å². The Labute approximate surface area is 123 Å². The van der Waals surface area contributed by atoms with Crippen LogP contribution >= 0.6 is 11.6 Å². The summed E-state index contributed by atoms with van der Waals surface area (Å²) in [6, 6.07) is 0. The van der Waals surface area contributed by atoms with Crippen LogP contribution in [0.25, 0.3) is 0 Å². The first kappa shape index (κ1) is 14.6. The minimum Gasteiger partial charge on any atom is -0.438 e. The molecule has 0 amide bonds. The molecule has 0 aromatic carbocycles. The van der Waals surface area contributed by atoms with Gasteiger partial charge in [-0.05, 0) is 43.4 Å². The molecule has 0 aromatic heterocycles. The van der Waals surface area contributed by atoms with E-state index in [0.29, 0.717) is 31.8 Å². The SMILES string of the molecule is O=C(CCl)OCOCC12CC3CC(O)(CC(O)(C3)C1)C2. The molecule has 4 saturated carbocycles. The molecule has 0 saturated heterocycles. The maximum atomic E-state index is 10.9. The molecule has 4 aliphatic rings. The van der Waals surface area contributed by atoms with E-state index in [-0.39, 0.29) is 18.1 Å². The molecule has 4 bridgehead atoms. The van der Waals surface area contributed by atoms with Crippen molar-refractivity contribution in [2.75, 3.05) is 19.3 Å². The molecular formula is C14H21ClO5. The highest BCUT2D eigenvalue weighted by Gasteiger charge is 2.62. The van der Waals surface area contributed by atoms with Crippen LogP contribution in [0.2, 0.25) is 0 Å². The monoisotopic (exact) mass is 304 g/mol. The largest absolute Gasteiger partial charge is 0.438 e. The molecule has 4 fully saturated rings. The Balaban J connectivity index is 1.60. The highest BCUT2D eigenvalue weighted by Crippen LogP contribution is 2.63. The molecule has 4 rings (SSSR count). The molecule has 2 atom stereocenters. The van der Waals surface area contributed by atoms with E-state index in [2.05, 4.69) is 0 Å². The zero-order valence-corrected chi connectivity index (χ0v) is 12.2. The van der Waals surface area contributed by atoms with Crippen molar-refractivity contribution in [2.45, 2.75) is 49.7 Å². The Kier molecular flexibility index (Phi) is 3.52. The van der Waals surface area contributed by atoms with Crippen LogP contribution in [0.4, 0.5) is 0 Å². The van der Waals surface area contributed by atoms with Crippen LogP contribution in [0.5, 0.6) is 0 Å². The number of esters is 1. The number of alkyl halides is 1. The fourth-order valence-electron chi connectivity index (χ4n) is 5.10. The lowest BCUT2D eigenvalue weighted by molar-refractivity contribution is -0.245. The fraction of sp³-hybridized carbons (Fsp3) is 0.929. The van der Waals surface area contributed by atoms with E-state index in [1.165, 1.54) is 0 Å². The Morgan fingerprint density at radius 1 is 1.15 bits per heavy atom. The summed E-state index contributed by atoms with van der Waals surface area (Å²) in [5.41, 5.74) is -1.68. The first-order chi connectivity index (χ1) is 9.36. The van der Waals surface area contributed by atoms with Crippen molar-refractivity contribution in [3.63, 3.8) is 0 Å². The number of hydrogen-bond donors (Lipinski definition) is 2. The number of rotatable bonds is 5. The third-order valence-electron chi connectivity index (χ3n) is 4.95. The topological polar surface area (TPSA) is 76.0 Å². The molecule has 0 radical (unpaired) electrons. The zero-order chi connectivity index (χ0) is 14.4. The second-order valence-corrected chi connectivity index (χ2v) is 7.34. The maximum absolute atomic E-state index is 10.9. The van der Waals surface area contributed by atoms with Crippen molar-refractivity contribution in [2.24, 2.45) is 11.3 Å². The van der Waals surface area contributed by atoms with Gasteiger partial charge in [0.15, 0.2) is 6.79 Å². The summed E-state index contributed by atoms with van der Waals surface area (Å²) < 4.78 is 10.2. The molecule has 6 heteroatoms. The number of carbonyl (C=O) groups excluding carboxylic acids is 1. The van der Waals surface area contributed by atoms with Gasteiger partial charge in [-0.2, -0.15) is 0 Å². The summed E-state index contributed by atoms with van der Waals surface area (Å²) >= 11 is 5.33. The molecule has 0 spiro atoms. The average molecular weight is 305 g/mol. The predicted octanol–water partition coefficient (Wildman–Crippen LogP) is 1.19. The molecule has 114 valence electrons. The van der Waals surface area contributed by atoms with Crippen molar-refractivity contribution in [3.8, 4) is 0 Å². The molecule has 2 N–H and O–H groups in total. The van der Waals surface area contributed by atoms with Gasteiger partial charge in [-0.1, -0.05) is 0 Å². The zero-order valence-electron chi connectivity index (χ0n) is 11.4. The van der Waals surface area contributed by atoms with Gasteiger partial charge in [0.2, 0.25) is 0 Å². The van der Waals surface area contributed by atoms with Crippen LogP contribution < -0.4 is 0 Å². The second-order valence-electron chi connectivity index (χ2n) is 7.07. The van der Waals surface area contributed by atoms with Gasteiger partial charge in [0.05, 0.1) is 17.8 Å². The lowest BCUT2D eigenvalue weighted by Crippen LogP contribution is -2.64. The van der Waals surface area contributed by atoms with E-state index >= 15 is 0 Å². The summed E-state index contributed by atoms with van der Waals surface area (Å²) in [4.78, 5) is 10.9. The van der Waals surface area contributed by atoms with E-state index < -0.39 is 17.2 Å². The van der Waals surface area contributed by atoms with E-state index in [4.69, 9.17) is 21.1 Å². The van der Waals surface area contributed by atoms with Gasteiger partial charge in [0, 0.05) is 6.42 Å². The summed E-state index contributed by atoms with van der Waals surface area (Å²) in [6.07, 6.45) is 4.38. The van der Waals surface area contributed by atoms with Gasteiger partial charge in [-0.25, -0.2) is 0 Å². The van der Waals surface area contributed by atoms with Crippen molar-refractivity contribution >= 4 is 17.6 Å². The number of aliphatic hydroxyl groups is 2. The summed E-state index contributed by atoms with van der Waals surface area (Å²) in [7, 11) is 0. The second kappa shape index (κ2) is 4.83. The summed E-state index contributed by atoms with van der Waals surface area (Å²) in [5, 5.41) is 21.2. The van der Waals surface area contributed by atoms with E-state index in [1.807, 2.05) is 0 Å². The molecule has 2 unspecified atom stereocenters. The van der Waals surface area contributed by atoms with E-state index in [0.717, 1.165) is 19.3 Å². The lowest BCUT2D eigenvalue weighted by Gasteiger charge is -2.63. The first-order valence-electron chi connectivity index (χ1n) is 7.10. The molecule has 5 nitrogen and oxygen atoms in total. The molecule has 0 aromatic rings. The Hall–Kier alpha value is -0.360. The van der Waals surface area contributed by atoms with E-state index in [1.54, 1.807) is 0 Å². The Bertz CT molecular complexity index is 394. The Morgan fingerprint density at radius 3 is 2.35 bits per heavy atom. The van der Waals surface area contributed by atoms with Crippen molar-refractivity contribution in [1.29, 1.82) is 0 Å². The quantitative estimate of drug-likeness (QED) is 0.345. The molecular weight excluding hydrogens is 284 g/mol. The smallest absolute Gasteiger partial charge is 0.322 e. The lowest BCUT2D eigenvalue weighted by atomic mass is 9.46. The maximum Gasteiger partial charge on any atom is 0.322 e. The minimum absolute atomic E-state index is 0.116. The van der Waals surface area contributed by atoms with E-state index in [9.17, 15) is 15.0 Å². The van der Waals surface area contributed by atoms with Crippen LogP contribution in [-0.2, 0) is 14.3 Å². The van der Waals surface area contributed by atoms with Gasteiger partial charge in [-0.3, -0.25) is 4.79 Å². The summed E-state index contributed by atoms with van der Waals surface area (Å²) in [5.74, 6) is -0.319. The average Bonchev–Trinajstić information content (AvgIpc) is 2.29. The number of carbonyl (C=O) groups is 1. The molecule has 0 heterocycles. The highest BCUT2D eigenvalue weighted by atomic mass is 35.5. The van der Waals surface area contributed by atoms with Crippen LogP contribution in [0.3, 0.4) is 0 Å². The first-order valence-corrected chi connectivity index (χ1v) is 7.64. The standard InChI is InChI=1S/C14H21ClO5/c15-4-11(16)20-9-19-8-12-1-10-2-13(17,5-12)7-14(18,3-10)6-12/h10,17-18H,1-9H2. The number of halogens is 1. The normalized spacial score (nSPS) is 45.6. The number of ether oxygens (including phenoxy) is 2. The summed E-state index contributed by atoms with van der Waals surface area (Å²) in [6.45, 7) is 0.290. The van der Waals surface area contributed by atoms with Crippen LogP contribution in [-0.4, -0.2) is 46.7 Å². The van der Waals surface area contributed by atoms with Crippen molar-refractivity contribution < 1.29 is 24.5 Å². The van der Waals surface area contributed by atoms with Gasteiger partial charge >= 0.3 is 5.97 Å². The van der Waals surface area contributed by atoms with Gasteiger partial charge in [0.1, 0.15) is 5.88 Å². The van der Waals surface area contributed by atoms with Crippen molar-refractivity contribution in [1.82, 2.24) is 0 Å². The third-order valence-corrected chi connectivity index (χ3v) is 5.16. The van der Waals surface area contributed by atoms with Gasteiger partial charge in [0.25, 0.3) is 0 Å². The molecule has 4 aliphatic carbocycles. The van der Waals surface area contributed by atoms with Crippen LogP contribution in [0.1, 0.15) is 38.5 Å². The Morgan fingerprint density at radius 2 is 1.80 bits per heavy atom. The molecule has 20 heavy (non-hydrogen) atoms.